The number of amides is 2. The summed E-state index contributed by atoms with van der Waals surface area (Å²) in [4.78, 5) is 30.9. The van der Waals surface area contributed by atoms with Gasteiger partial charge in [0.1, 0.15) is 18.4 Å². The van der Waals surface area contributed by atoms with Crippen molar-refractivity contribution < 1.29 is 14.3 Å². The maximum atomic E-state index is 12.8. The van der Waals surface area contributed by atoms with Crippen LogP contribution in [0.4, 0.5) is 5.69 Å². The molecule has 1 aromatic heterocycles. The standard InChI is InChI=1S/C23H24ClN5O3/c24-19-5-3-15(22(30)28-16-7-9-26-10-8-16)12-21(19)32-14-17-4-6-20(27-17)23(31)29-11-1-2-18(29)13-25/h3,5,7-10,12,17-18,20,27H,1-2,4,6,11,14H2,(H,26,28,30)/t17-,18+,20+/m1/s1. The van der Waals surface area contributed by atoms with Gasteiger partial charge in [0.25, 0.3) is 5.91 Å². The summed E-state index contributed by atoms with van der Waals surface area (Å²) >= 11 is 6.27. The highest BCUT2D eigenvalue weighted by atomic mass is 35.5. The van der Waals surface area contributed by atoms with Crippen molar-refractivity contribution >= 4 is 29.1 Å². The second-order valence-corrected chi connectivity index (χ2v) is 8.37. The molecule has 32 heavy (non-hydrogen) atoms. The molecule has 4 rings (SSSR count). The zero-order valence-corrected chi connectivity index (χ0v) is 18.2. The van der Waals surface area contributed by atoms with Crippen molar-refractivity contribution in [2.75, 3.05) is 18.5 Å². The first-order valence-corrected chi connectivity index (χ1v) is 11.0. The van der Waals surface area contributed by atoms with Gasteiger partial charge in [-0.2, -0.15) is 5.26 Å². The van der Waals surface area contributed by atoms with E-state index in [4.69, 9.17) is 16.3 Å². The molecule has 0 unspecified atom stereocenters. The first-order chi connectivity index (χ1) is 15.5. The monoisotopic (exact) mass is 453 g/mol. The molecule has 2 aromatic rings. The predicted octanol–water partition coefficient (Wildman–Crippen LogP) is 3.00. The van der Waals surface area contributed by atoms with E-state index in [1.807, 2.05) is 0 Å². The Balaban J connectivity index is 1.33. The molecule has 9 heteroatoms. The van der Waals surface area contributed by atoms with Crippen LogP contribution in [0.25, 0.3) is 0 Å². The second kappa shape index (κ2) is 9.98. The van der Waals surface area contributed by atoms with Gasteiger partial charge in [0, 0.05) is 36.2 Å². The SMILES string of the molecule is N#C[C@@H]1CCCN1C(=O)[C@@H]1CC[C@H](COc2cc(C(=O)Nc3ccncc3)ccc2Cl)N1. The highest BCUT2D eigenvalue weighted by Crippen LogP contribution is 2.27. The smallest absolute Gasteiger partial charge is 0.255 e. The molecule has 3 heterocycles. The minimum Gasteiger partial charge on any atom is -0.490 e. The van der Waals surface area contributed by atoms with Gasteiger partial charge in [-0.3, -0.25) is 19.9 Å². The van der Waals surface area contributed by atoms with E-state index in [2.05, 4.69) is 21.7 Å². The Kier molecular flexibility index (Phi) is 6.88. The van der Waals surface area contributed by atoms with Gasteiger partial charge in [-0.05, 0) is 56.0 Å². The van der Waals surface area contributed by atoms with Gasteiger partial charge >= 0.3 is 0 Å². The van der Waals surface area contributed by atoms with Crippen LogP contribution in [-0.4, -0.2) is 53.0 Å². The van der Waals surface area contributed by atoms with Crippen molar-refractivity contribution in [3.8, 4) is 11.8 Å². The lowest BCUT2D eigenvalue weighted by Crippen LogP contribution is -2.47. The van der Waals surface area contributed by atoms with Gasteiger partial charge in [0.2, 0.25) is 5.91 Å². The number of nitriles is 1. The number of rotatable bonds is 6. The quantitative estimate of drug-likeness (QED) is 0.696. The number of carbonyl (C=O) groups excluding carboxylic acids is 2. The Morgan fingerprint density at radius 3 is 2.84 bits per heavy atom. The fraction of sp³-hybridized carbons (Fsp3) is 0.391. The summed E-state index contributed by atoms with van der Waals surface area (Å²) in [5, 5.41) is 15.8. The molecule has 0 radical (unpaired) electrons. The first kappa shape index (κ1) is 22.1. The molecule has 0 bridgehead atoms. The van der Waals surface area contributed by atoms with Crippen LogP contribution in [0, 0.1) is 11.3 Å². The molecule has 0 saturated carbocycles. The van der Waals surface area contributed by atoms with E-state index in [0.717, 1.165) is 19.3 Å². The number of pyridine rings is 1. The number of nitrogens with one attached hydrogen (secondary N) is 2. The van der Waals surface area contributed by atoms with Crippen LogP contribution in [0.5, 0.6) is 5.75 Å². The van der Waals surface area contributed by atoms with Gasteiger partial charge in [0.05, 0.1) is 17.1 Å². The molecule has 3 atom stereocenters. The fourth-order valence-corrected chi connectivity index (χ4v) is 4.27. The average Bonchev–Trinajstić information content (AvgIpc) is 3.48. The van der Waals surface area contributed by atoms with Crippen LogP contribution in [0.1, 0.15) is 36.0 Å². The van der Waals surface area contributed by atoms with Crippen molar-refractivity contribution in [2.24, 2.45) is 0 Å². The Morgan fingerprint density at radius 2 is 2.06 bits per heavy atom. The second-order valence-electron chi connectivity index (χ2n) is 7.96. The lowest BCUT2D eigenvalue weighted by Gasteiger charge is -2.24. The molecule has 2 saturated heterocycles. The van der Waals surface area contributed by atoms with Crippen LogP contribution in [0.2, 0.25) is 5.02 Å². The van der Waals surface area contributed by atoms with E-state index in [1.54, 1.807) is 47.6 Å². The normalized spacial score (nSPS) is 22.4. The van der Waals surface area contributed by atoms with E-state index < -0.39 is 0 Å². The predicted molar refractivity (Wildman–Crippen MR) is 119 cm³/mol. The highest BCUT2D eigenvalue weighted by Gasteiger charge is 2.37. The van der Waals surface area contributed by atoms with Crippen molar-refractivity contribution in [1.29, 1.82) is 5.26 Å². The number of anilines is 1. The first-order valence-electron chi connectivity index (χ1n) is 10.6. The maximum absolute atomic E-state index is 12.8. The molecular formula is C23H24ClN5O3. The summed E-state index contributed by atoms with van der Waals surface area (Å²) in [6.07, 6.45) is 6.29. The maximum Gasteiger partial charge on any atom is 0.255 e. The van der Waals surface area contributed by atoms with E-state index in [1.165, 1.54) is 0 Å². The summed E-state index contributed by atoms with van der Waals surface area (Å²) in [6, 6.07) is 9.86. The van der Waals surface area contributed by atoms with Crippen molar-refractivity contribution in [3.05, 3.63) is 53.3 Å². The van der Waals surface area contributed by atoms with Crippen LogP contribution >= 0.6 is 11.6 Å². The Bertz CT molecular complexity index is 1030. The number of likely N-dealkylation sites (tertiary alicyclic amines) is 1. The molecule has 2 fully saturated rings. The molecule has 1 aromatic carbocycles. The average molecular weight is 454 g/mol. The van der Waals surface area contributed by atoms with Crippen molar-refractivity contribution in [2.45, 2.75) is 43.8 Å². The Labute approximate surface area is 191 Å². The summed E-state index contributed by atoms with van der Waals surface area (Å²) < 4.78 is 5.90. The fourth-order valence-electron chi connectivity index (χ4n) is 4.09. The lowest BCUT2D eigenvalue weighted by atomic mass is 10.1. The minimum absolute atomic E-state index is 0.00985. The number of nitrogens with zero attached hydrogens (tertiary/aromatic N) is 3. The number of aromatic nitrogens is 1. The Morgan fingerprint density at radius 1 is 1.25 bits per heavy atom. The van der Waals surface area contributed by atoms with Gasteiger partial charge in [-0.25, -0.2) is 0 Å². The number of ether oxygens (including phenoxy) is 1. The zero-order chi connectivity index (χ0) is 22.5. The third-order valence-corrected chi connectivity index (χ3v) is 6.11. The van der Waals surface area contributed by atoms with E-state index in [-0.39, 0.29) is 29.9 Å². The molecule has 2 aliphatic heterocycles. The molecule has 0 aliphatic carbocycles. The molecular weight excluding hydrogens is 430 g/mol. The lowest BCUT2D eigenvalue weighted by molar-refractivity contribution is -0.133. The number of halogens is 1. The van der Waals surface area contributed by atoms with Crippen LogP contribution in [-0.2, 0) is 4.79 Å². The van der Waals surface area contributed by atoms with Crippen molar-refractivity contribution in [1.82, 2.24) is 15.2 Å². The van der Waals surface area contributed by atoms with Crippen LogP contribution in [0.15, 0.2) is 42.7 Å². The Hall–Kier alpha value is -3.15. The number of hydrogen-bond donors (Lipinski definition) is 2. The molecule has 0 spiro atoms. The topological polar surface area (TPSA) is 107 Å². The zero-order valence-electron chi connectivity index (χ0n) is 17.5. The van der Waals surface area contributed by atoms with Crippen LogP contribution < -0.4 is 15.4 Å². The minimum atomic E-state index is -0.320. The third kappa shape index (κ3) is 5.01. The van der Waals surface area contributed by atoms with E-state index in [9.17, 15) is 14.9 Å². The summed E-state index contributed by atoms with van der Waals surface area (Å²) in [6.45, 7) is 0.959. The molecule has 2 aliphatic rings. The highest BCUT2D eigenvalue weighted by molar-refractivity contribution is 6.32. The number of hydrogen-bond acceptors (Lipinski definition) is 6. The van der Waals surface area contributed by atoms with Crippen molar-refractivity contribution in [3.63, 3.8) is 0 Å². The van der Waals surface area contributed by atoms with Gasteiger partial charge in [0.15, 0.2) is 0 Å². The molecule has 2 amide bonds. The summed E-state index contributed by atoms with van der Waals surface area (Å²) in [5.41, 5.74) is 1.06. The largest absolute Gasteiger partial charge is 0.490 e. The van der Waals surface area contributed by atoms with E-state index >= 15 is 0 Å². The number of benzene rings is 1. The van der Waals surface area contributed by atoms with Gasteiger partial charge in [-0.1, -0.05) is 11.6 Å². The molecule has 166 valence electrons. The summed E-state index contributed by atoms with van der Waals surface area (Å²) in [7, 11) is 0. The number of carbonyl (C=O) groups is 2. The molecule has 8 nitrogen and oxygen atoms in total. The van der Waals surface area contributed by atoms with Crippen LogP contribution in [0.3, 0.4) is 0 Å². The summed E-state index contributed by atoms with van der Waals surface area (Å²) in [5.74, 6) is 0.124. The molecule has 2 N–H and O–H groups in total. The van der Waals surface area contributed by atoms with E-state index in [0.29, 0.717) is 41.6 Å². The van der Waals surface area contributed by atoms with Gasteiger partial charge < -0.3 is 15.0 Å². The third-order valence-electron chi connectivity index (χ3n) is 5.80. The van der Waals surface area contributed by atoms with Gasteiger partial charge in [-0.15, -0.1) is 0 Å².